The number of carbonyl (C=O) groups excluding carboxylic acids is 1. The van der Waals surface area contributed by atoms with Crippen molar-refractivity contribution in [3.63, 3.8) is 0 Å². The van der Waals surface area contributed by atoms with Crippen LogP contribution in [0.15, 0.2) is 4.99 Å². The van der Waals surface area contributed by atoms with E-state index in [4.69, 9.17) is 0 Å². The van der Waals surface area contributed by atoms with Crippen LogP contribution in [0, 0.1) is 5.92 Å². The van der Waals surface area contributed by atoms with Crippen LogP contribution in [0.25, 0.3) is 0 Å². The molecule has 2 saturated heterocycles. The number of carbonyl (C=O) groups is 1. The lowest BCUT2D eigenvalue weighted by atomic mass is 9.88. The van der Waals surface area contributed by atoms with Crippen LogP contribution in [-0.2, 0) is 14.8 Å². The Labute approximate surface area is 162 Å². The van der Waals surface area contributed by atoms with E-state index < -0.39 is 10.0 Å². The molecule has 2 heterocycles. The third-order valence-corrected chi connectivity index (χ3v) is 7.83. The van der Waals surface area contributed by atoms with Gasteiger partial charge in [-0.25, -0.2) is 12.7 Å². The topological polar surface area (TPSA) is 94.1 Å². The first kappa shape index (κ1) is 20.4. The van der Waals surface area contributed by atoms with Crippen LogP contribution in [-0.4, -0.2) is 81.1 Å². The van der Waals surface area contributed by atoms with Gasteiger partial charge in [-0.15, -0.1) is 0 Å². The zero-order valence-corrected chi connectivity index (χ0v) is 17.1. The number of guanidine groups is 1. The highest BCUT2D eigenvalue weighted by molar-refractivity contribution is 7.89. The Balaban J connectivity index is 1.40. The predicted octanol–water partition coefficient (Wildman–Crippen LogP) is 0.368. The van der Waals surface area contributed by atoms with E-state index in [1.165, 1.54) is 23.6 Å². The van der Waals surface area contributed by atoms with E-state index in [1.807, 2.05) is 4.90 Å². The second kappa shape index (κ2) is 9.23. The van der Waals surface area contributed by atoms with Crippen molar-refractivity contribution in [2.75, 3.05) is 45.5 Å². The van der Waals surface area contributed by atoms with Gasteiger partial charge >= 0.3 is 0 Å². The molecule has 1 unspecified atom stereocenters. The average molecular weight is 400 g/mol. The molecule has 9 heteroatoms. The van der Waals surface area contributed by atoms with Crippen molar-refractivity contribution >= 4 is 21.9 Å². The maximum atomic E-state index is 12.7. The minimum Gasteiger partial charge on any atom is -0.355 e. The third kappa shape index (κ3) is 5.34. The lowest BCUT2D eigenvalue weighted by Crippen LogP contribution is -2.47. The molecule has 0 bridgehead atoms. The summed E-state index contributed by atoms with van der Waals surface area (Å²) in [6.07, 6.45) is 7.31. The lowest BCUT2D eigenvalue weighted by Gasteiger charge is -2.26. The Bertz CT molecular complexity index is 645. The van der Waals surface area contributed by atoms with Crippen LogP contribution in [0.1, 0.15) is 44.9 Å². The third-order valence-electron chi connectivity index (χ3n) is 5.88. The normalized spacial score (nSPS) is 27.1. The molecule has 2 N–H and O–H groups in total. The zero-order valence-electron chi connectivity index (χ0n) is 16.3. The fourth-order valence-corrected chi connectivity index (χ4v) is 5.84. The van der Waals surface area contributed by atoms with E-state index in [9.17, 15) is 13.2 Å². The van der Waals surface area contributed by atoms with E-state index in [0.29, 0.717) is 37.9 Å². The standard InChI is InChI=1S/C18H33N5O3S/c1-19-18(20-9-12-23-10-5-13-27(23,25)26)21-16-8-11-22(14-16)17(24)15-6-3-2-4-7-15/h15-16H,2-14H2,1H3,(H2,19,20,21). The van der Waals surface area contributed by atoms with Crippen molar-refractivity contribution in [1.82, 2.24) is 19.8 Å². The average Bonchev–Trinajstić information content (AvgIpc) is 3.27. The van der Waals surface area contributed by atoms with E-state index in [-0.39, 0.29) is 17.7 Å². The summed E-state index contributed by atoms with van der Waals surface area (Å²) in [4.78, 5) is 18.9. The lowest BCUT2D eigenvalue weighted by molar-refractivity contribution is -0.135. The number of hydrogen-bond acceptors (Lipinski definition) is 4. The van der Waals surface area contributed by atoms with E-state index in [2.05, 4.69) is 15.6 Å². The SMILES string of the molecule is CN=C(NCCN1CCCS1(=O)=O)NC1CCN(C(=O)C2CCCCC2)C1. The molecule has 3 rings (SSSR count). The van der Waals surface area contributed by atoms with Gasteiger partial charge in [0.05, 0.1) is 5.75 Å². The van der Waals surface area contributed by atoms with Gasteiger partial charge in [0.1, 0.15) is 0 Å². The molecule has 0 spiro atoms. The van der Waals surface area contributed by atoms with Crippen molar-refractivity contribution in [2.24, 2.45) is 10.9 Å². The molecule has 1 aliphatic carbocycles. The van der Waals surface area contributed by atoms with E-state index in [0.717, 1.165) is 32.4 Å². The van der Waals surface area contributed by atoms with Crippen LogP contribution >= 0.6 is 0 Å². The molecule has 0 aromatic heterocycles. The van der Waals surface area contributed by atoms with Gasteiger partial charge in [-0.05, 0) is 25.7 Å². The largest absolute Gasteiger partial charge is 0.355 e. The van der Waals surface area contributed by atoms with Crippen molar-refractivity contribution in [1.29, 1.82) is 0 Å². The Morgan fingerprint density at radius 2 is 1.89 bits per heavy atom. The van der Waals surface area contributed by atoms with Gasteiger partial charge in [-0.3, -0.25) is 9.79 Å². The first-order valence-electron chi connectivity index (χ1n) is 10.2. The number of nitrogens with zero attached hydrogens (tertiary/aromatic N) is 3. The predicted molar refractivity (Wildman–Crippen MR) is 106 cm³/mol. The maximum Gasteiger partial charge on any atom is 0.225 e. The summed E-state index contributed by atoms with van der Waals surface area (Å²) < 4.78 is 25.2. The van der Waals surface area contributed by atoms with E-state index >= 15 is 0 Å². The molecular weight excluding hydrogens is 366 g/mol. The minimum atomic E-state index is -3.05. The molecule has 3 aliphatic rings. The first-order chi connectivity index (χ1) is 13.0. The summed E-state index contributed by atoms with van der Waals surface area (Å²) >= 11 is 0. The van der Waals surface area contributed by atoms with Gasteiger partial charge in [-0.2, -0.15) is 0 Å². The molecule has 0 radical (unpaired) electrons. The van der Waals surface area contributed by atoms with Gasteiger partial charge in [0, 0.05) is 51.7 Å². The van der Waals surface area contributed by atoms with Crippen LogP contribution in [0.2, 0.25) is 0 Å². The molecule has 3 fully saturated rings. The Kier molecular flexibility index (Phi) is 6.97. The van der Waals surface area contributed by atoms with Gasteiger partial charge in [-0.1, -0.05) is 19.3 Å². The minimum absolute atomic E-state index is 0.194. The highest BCUT2D eigenvalue weighted by Crippen LogP contribution is 2.26. The molecule has 154 valence electrons. The summed E-state index contributed by atoms with van der Waals surface area (Å²) in [6, 6.07) is 0.194. The fraction of sp³-hybridized carbons (Fsp3) is 0.889. The number of amides is 1. The van der Waals surface area contributed by atoms with Crippen LogP contribution in [0.5, 0.6) is 0 Å². The van der Waals surface area contributed by atoms with Crippen molar-refractivity contribution < 1.29 is 13.2 Å². The molecule has 2 aliphatic heterocycles. The van der Waals surface area contributed by atoms with Gasteiger partial charge in [0.25, 0.3) is 0 Å². The smallest absolute Gasteiger partial charge is 0.225 e. The fourth-order valence-electron chi connectivity index (χ4n) is 4.32. The maximum absolute atomic E-state index is 12.7. The van der Waals surface area contributed by atoms with Gasteiger partial charge in [0.15, 0.2) is 5.96 Å². The van der Waals surface area contributed by atoms with Crippen molar-refractivity contribution in [2.45, 2.75) is 51.0 Å². The van der Waals surface area contributed by atoms with Crippen LogP contribution in [0.3, 0.4) is 0 Å². The number of rotatable bonds is 5. The monoisotopic (exact) mass is 399 g/mol. The second-order valence-corrected chi connectivity index (χ2v) is 9.91. The number of hydrogen-bond donors (Lipinski definition) is 2. The second-order valence-electron chi connectivity index (χ2n) is 7.82. The summed E-state index contributed by atoms with van der Waals surface area (Å²) in [5.41, 5.74) is 0. The van der Waals surface area contributed by atoms with Crippen LogP contribution in [0.4, 0.5) is 0 Å². The molecule has 0 aromatic rings. The molecule has 1 saturated carbocycles. The summed E-state index contributed by atoms with van der Waals surface area (Å²) in [7, 11) is -1.34. The quantitative estimate of drug-likeness (QED) is 0.515. The molecule has 1 amide bonds. The van der Waals surface area contributed by atoms with Crippen molar-refractivity contribution in [3.05, 3.63) is 0 Å². The first-order valence-corrected chi connectivity index (χ1v) is 11.8. The van der Waals surface area contributed by atoms with Gasteiger partial charge < -0.3 is 15.5 Å². The highest BCUT2D eigenvalue weighted by Gasteiger charge is 2.32. The molecular formula is C18H33N5O3S. The Morgan fingerprint density at radius 1 is 1.11 bits per heavy atom. The number of aliphatic imine (C=N–C) groups is 1. The summed E-state index contributed by atoms with van der Waals surface area (Å²) in [5, 5.41) is 6.57. The number of nitrogens with one attached hydrogen (secondary N) is 2. The molecule has 0 aromatic carbocycles. The Morgan fingerprint density at radius 3 is 2.56 bits per heavy atom. The summed E-state index contributed by atoms with van der Waals surface area (Å²) in [5.74, 6) is 1.47. The number of likely N-dealkylation sites (tertiary alicyclic amines) is 1. The molecule has 8 nitrogen and oxygen atoms in total. The van der Waals surface area contributed by atoms with Crippen LogP contribution < -0.4 is 10.6 Å². The molecule has 27 heavy (non-hydrogen) atoms. The number of sulfonamides is 1. The highest BCUT2D eigenvalue weighted by atomic mass is 32.2. The molecule has 1 atom stereocenters. The Hall–Kier alpha value is -1.35. The van der Waals surface area contributed by atoms with E-state index in [1.54, 1.807) is 7.05 Å². The zero-order chi connectivity index (χ0) is 19.3. The van der Waals surface area contributed by atoms with Gasteiger partial charge in [0.2, 0.25) is 15.9 Å². The summed E-state index contributed by atoms with van der Waals surface area (Å²) in [6.45, 7) is 3.11. The van der Waals surface area contributed by atoms with Crippen molar-refractivity contribution in [3.8, 4) is 0 Å².